The van der Waals surface area contributed by atoms with Gasteiger partial charge in [0.05, 0.1) is 16.6 Å². The fourth-order valence-corrected chi connectivity index (χ4v) is 2.17. The van der Waals surface area contributed by atoms with Gasteiger partial charge in [-0.3, -0.25) is 4.98 Å². The van der Waals surface area contributed by atoms with Crippen LogP contribution in [0.3, 0.4) is 0 Å². The van der Waals surface area contributed by atoms with E-state index in [2.05, 4.69) is 15.6 Å². The van der Waals surface area contributed by atoms with Crippen LogP contribution < -0.4 is 0 Å². The Balaban J connectivity index is 2.01. The molecule has 0 radical (unpaired) electrons. The van der Waals surface area contributed by atoms with E-state index in [9.17, 15) is 0 Å². The van der Waals surface area contributed by atoms with Crippen LogP contribution in [0.15, 0.2) is 48.8 Å². The van der Waals surface area contributed by atoms with Crippen LogP contribution in [0.25, 0.3) is 11.0 Å². The molecule has 0 amide bonds. The highest BCUT2D eigenvalue weighted by molar-refractivity contribution is 6.30. The van der Waals surface area contributed by atoms with Gasteiger partial charge in [-0.25, -0.2) is 0 Å². The molecule has 0 unspecified atom stereocenters. The van der Waals surface area contributed by atoms with E-state index in [4.69, 9.17) is 16.9 Å². The first-order valence-corrected chi connectivity index (χ1v) is 6.23. The molecule has 3 rings (SSSR count). The Kier molecular flexibility index (Phi) is 2.94. The van der Waals surface area contributed by atoms with Crippen LogP contribution in [0.5, 0.6) is 0 Å². The Morgan fingerprint density at radius 2 is 2.00 bits per heavy atom. The van der Waals surface area contributed by atoms with Gasteiger partial charge in [-0.05, 0) is 29.8 Å². The van der Waals surface area contributed by atoms with E-state index >= 15 is 0 Å². The van der Waals surface area contributed by atoms with Gasteiger partial charge >= 0.3 is 0 Å². The topological polar surface area (TPSA) is 41.6 Å². The molecule has 0 spiro atoms. The second-order valence-corrected chi connectivity index (χ2v) is 4.75. The van der Waals surface area contributed by atoms with Crippen molar-refractivity contribution in [2.24, 2.45) is 0 Å². The molecule has 1 aromatic carbocycles. The number of nitrogens with zero attached hydrogens (tertiary/aromatic N) is 3. The molecule has 92 valence electrons. The molecule has 0 bridgehead atoms. The van der Waals surface area contributed by atoms with Crippen molar-refractivity contribution in [1.29, 1.82) is 5.26 Å². The molecule has 0 aliphatic rings. The number of hydrogen-bond acceptors (Lipinski definition) is 2. The van der Waals surface area contributed by atoms with Gasteiger partial charge in [-0.15, -0.1) is 0 Å². The van der Waals surface area contributed by atoms with Crippen molar-refractivity contribution in [2.75, 3.05) is 0 Å². The summed E-state index contributed by atoms with van der Waals surface area (Å²) in [6.45, 7) is 0.733. The van der Waals surface area contributed by atoms with Crippen LogP contribution in [0.2, 0.25) is 5.02 Å². The first-order chi connectivity index (χ1) is 9.26. The summed E-state index contributed by atoms with van der Waals surface area (Å²) in [4.78, 5) is 4.26. The second kappa shape index (κ2) is 4.75. The van der Waals surface area contributed by atoms with Gasteiger partial charge in [0.25, 0.3) is 0 Å². The number of benzene rings is 1. The Hall–Kier alpha value is -2.31. The normalized spacial score (nSPS) is 10.5. The molecule has 0 N–H and O–H groups in total. The van der Waals surface area contributed by atoms with Crippen molar-refractivity contribution in [2.45, 2.75) is 6.54 Å². The molecule has 0 aliphatic heterocycles. The third kappa shape index (κ3) is 2.31. The lowest BCUT2D eigenvalue weighted by atomic mass is 10.2. The maximum atomic E-state index is 8.93. The SMILES string of the molecule is N#Cc1cnc2ccn(Cc3ccc(Cl)cc3)c2c1. The van der Waals surface area contributed by atoms with E-state index in [-0.39, 0.29) is 0 Å². The number of fused-ring (bicyclic) bond motifs is 1. The zero-order valence-electron chi connectivity index (χ0n) is 10.0. The zero-order chi connectivity index (χ0) is 13.2. The minimum Gasteiger partial charge on any atom is -0.342 e. The van der Waals surface area contributed by atoms with Gasteiger partial charge in [-0.1, -0.05) is 23.7 Å². The zero-order valence-corrected chi connectivity index (χ0v) is 10.8. The van der Waals surface area contributed by atoms with E-state index < -0.39 is 0 Å². The summed E-state index contributed by atoms with van der Waals surface area (Å²) >= 11 is 5.88. The lowest BCUT2D eigenvalue weighted by Crippen LogP contribution is -1.98. The van der Waals surface area contributed by atoms with E-state index in [1.807, 2.05) is 42.6 Å². The Morgan fingerprint density at radius 1 is 1.21 bits per heavy atom. The van der Waals surface area contributed by atoms with Gasteiger partial charge in [0, 0.05) is 24.0 Å². The molecule has 0 fully saturated rings. The predicted octanol–water partition coefficient (Wildman–Crippen LogP) is 3.61. The highest BCUT2D eigenvalue weighted by Gasteiger charge is 2.04. The first-order valence-electron chi connectivity index (χ1n) is 5.86. The summed E-state index contributed by atoms with van der Waals surface area (Å²) in [5, 5.41) is 9.66. The van der Waals surface area contributed by atoms with Crippen LogP contribution in [0.4, 0.5) is 0 Å². The van der Waals surface area contributed by atoms with Crippen molar-refractivity contribution in [1.82, 2.24) is 9.55 Å². The molecule has 3 nitrogen and oxygen atoms in total. The summed E-state index contributed by atoms with van der Waals surface area (Å²) in [6.07, 6.45) is 3.57. The van der Waals surface area contributed by atoms with Crippen LogP contribution >= 0.6 is 11.6 Å². The fraction of sp³-hybridized carbons (Fsp3) is 0.0667. The highest BCUT2D eigenvalue weighted by atomic mass is 35.5. The van der Waals surface area contributed by atoms with Crippen molar-refractivity contribution in [3.63, 3.8) is 0 Å². The molecule has 0 saturated carbocycles. The largest absolute Gasteiger partial charge is 0.342 e. The average Bonchev–Trinajstić information content (AvgIpc) is 2.84. The lowest BCUT2D eigenvalue weighted by Gasteiger charge is -2.05. The molecular weight excluding hydrogens is 258 g/mol. The molecule has 0 aliphatic carbocycles. The third-order valence-electron chi connectivity index (χ3n) is 3.01. The fourth-order valence-electron chi connectivity index (χ4n) is 2.05. The molecule has 0 saturated heterocycles. The lowest BCUT2D eigenvalue weighted by molar-refractivity contribution is 0.836. The summed E-state index contributed by atoms with van der Waals surface area (Å²) < 4.78 is 2.08. The predicted molar refractivity (Wildman–Crippen MR) is 75.0 cm³/mol. The van der Waals surface area contributed by atoms with Gasteiger partial charge in [-0.2, -0.15) is 5.26 Å². The van der Waals surface area contributed by atoms with Gasteiger partial charge < -0.3 is 4.57 Å². The minimum absolute atomic E-state index is 0.573. The third-order valence-corrected chi connectivity index (χ3v) is 3.27. The molecule has 19 heavy (non-hydrogen) atoms. The smallest absolute Gasteiger partial charge is 0.101 e. The molecule has 4 heteroatoms. The Labute approximate surface area is 115 Å². The van der Waals surface area contributed by atoms with Crippen molar-refractivity contribution in [3.8, 4) is 6.07 Å². The summed E-state index contributed by atoms with van der Waals surface area (Å²) in [6, 6.07) is 13.7. The van der Waals surface area contributed by atoms with E-state index in [0.717, 1.165) is 28.2 Å². The highest BCUT2D eigenvalue weighted by Crippen LogP contribution is 2.17. The van der Waals surface area contributed by atoms with Crippen LogP contribution in [-0.4, -0.2) is 9.55 Å². The maximum absolute atomic E-state index is 8.93. The molecule has 2 heterocycles. The van der Waals surface area contributed by atoms with E-state index in [1.54, 1.807) is 6.20 Å². The van der Waals surface area contributed by atoms with Crippen molar-refractivity contribution >= 4 is 22.6 Å². The first kappa shape index (κ1) is 11.8. The monoisotopic (exact) mass is 267 g/mol. The number of halogens is 1. The number of aromatic nitrogens is 2. The van der Waals surface area contributed by atoms with Crippen LogP contribution in [0.1, 0.15) is 11.1 Å². The summed E-state index contributed by atoms with van der Waals surface area (Å²) in [5.74, 6) is 0. The average molecular weight is 268 g/mol. The number of pyridine rings is 1. The number of rotatable bonds is 2. The quantitative estimate of drug-likeness (QED) is 0.712. The van der Waals surface area contributed by atoms with E-state index in [1.165, 1.54) is 0 Å². The molecule has 3 aromatic rings. The van der Waals surface area contributed by atoms with Gasteiger partial charge in [0.15, 0.2) is 0 Å². The summed E-state index contributed by atoms with van der Waals surface area (Å²) in [5.41, 5.74) is 3.59. The van der Waals surface area contributed by atoms with Crippen LogP contribution in [-0.2, 0) is 6.54 Å². The van der Waals surface area contributed by atoms with Crippen molar-refractivity contribution in [3.05, 3.63) is 64.9 Å². The van der Waals surface area contributed by atoms with Gasteiger partial charge in [0.1, 0.15) is 6.07 Å². The Morgan fingerprint density at radius 3 is 2.74 bits per heavy atom. The van der Waals surface area contributed by atoms with Crippen LogP contribution in [0, 0.1) is 11.3 Å². The van der Waals surface area contributed by atoms with Gasteiger partial charge in [0.2, 0.25) is 0 Å². The standard InChI is InChI=1S/C15H10ClN3/c16-13-3-1-11(2-4-13)10-19-6-5-14-15(19)7-12(8-17)9-18-14/h1-7,9H,10H2. The Bertz CT molecular complexity index is 766. The summed E-state index contributed by atoms with van der Waals surface area (Å²) in [7, 11) is 0. The minimum atomic E-state index is 0.573. The second-order valence-electron chi connectivity index (χ2n) is 4.31. The number of hydrogen-bond donors (Lipinski definition) is 0. The molecule has 2 aromatic heterocycles. The maximum Gasteiger partial charge on any atom is 0.101 e. The number of nitriles is 1. The van der Waals surface area contributed by atoms with E-state index in [0.29, 0.717) is 5.56 Å². The molecule has 0 atom stereocenters. The van der Waals surface area contributed by atoms with Crippen molar-refractivity contribution < 1.29 is 0 Å². The molecular formula is C15H10ClN3.